The minimum Gasteiger partial charge on any atom is -0.505 e. The second-order valence-corrected chi connectivity index (χ2v) is 2.73. The topological polar surface area (TPSA) is 70.0 Å². The maximum absolute atomic E-state index is 12.8. The number of aromatic hydroxyl groups is 1. The summed E-state index contributed by atoms with van der Waals surface area (Å²) in [5.74, 6) is -1.29. The smallest absolute Gasteiger partial charge is 0.165 e. The summed E-state index contributed by atoms with van der Waals surface area (Å²) in [6, 6.07) is 3.36. The Morgan fingerprint density at radius 2 is 2.23 bits per heavy atom. The number of aryl methyl sites for hydroxylation is 1. The molecule has 0 aromatic heterocycles. The molecule has 0 radical (unpaired) electrons. The molecule has 68 valence electrons. The zero-order chi connectivity index (χ0) is 10.0. The van der Waals surface area contributed by atoms with Gasteiger partial charge in [-0.15, -0.1) is 0 Å². The first-order chi connectivity index (χ1) is 6.07. The van der Waals surface area contributed by atoms with E-state index in [4.69, 9.17) is 11.0 Å². The molecule has 0 aliphatic rings. The van der Waals surface area contributed by atoms with E-state index in [0.29, 0.717) is 5.56 Å². The molecular formula is C9H9FN2O. The lowest BCUT2D eigenvalue weighted by molar-refractivity contribution is 0.423. The van der Waals surface area contributed by atoms with Crippen molar-refractivity contribution in [3.8, 4) is 11.8 Å². The molecule has 0 spiro atoms. The zero-order valence-corrected chi connectivity index (χ0v) is 7.08. The highest BCUT2D eigenvalue weighted by molar-refractivity contribution is 5.43. The van der Waals surface area contributed by atoms with Crippen molar-refractivity contribution in [2.75, 3.05) is 0 Å². The van der Waals surface area contributed by atoms with Gasteiger partial charge in [-0.3, -0.25) is 0 Å². The number of nitrogens with zero attached hydrogens (tertiary/aromatic N) is 1. The molecule has 0 heterocycles. The molecule has 4 heteroatoms. The predicted octanol–water partition coefficient (Wildman–Crippen LogP) is 1.36. The van der Waals surface area contributed by atoms with Gasteiger partial charge in [0.15, 0.2) is 11.6 Å². The van der Waals surface area contributed by atoms with Gasteiger partial charge < -0.3 is 10.8 Å². The molecule has 0 fully saturated rings. The first kappa shape index (κ1) is 9.49. The van der Waals surface area contributed by atoms with Crippen molar-refractivity contribution in [1.29, 1.82) is 5.26 Å². The van der Waals surface area contributed by atoms with E-state index in [1.54, 1.807) is 13.0 Å². The first-order valence-electron chi connectivity index (χ1n) is 3.71. The van der Waals surface area contributed by atoms with E-state index in [9.17, 15) is 9.50 Å². The quantitative estimate of drug-likeness (QED) is 0.685. The molecule has 0 saturated heterocycles. The Balaban J connectivity index is 3.35. The summed E-state index contributed by atoms with van der Waals surface area (Å²) in [5, 5.41) is 17.8. The maximum Gasteiger partial charge on any atom is 0.165 e. The fraction of sp³-hybridized carbons (Fsp3) is 0.222. The van der Waals surface area contributed by atoms with E-state index < -0.39 is 17.6 Å². The molecule has 0 aliphatic carbocycles. The minimum absolute atomic E-state index is 0.155. The molecule has 13 heavy (non-hydrogen) atoms. The largest absolute Gasteiger partial charge is 0.505 e. The zero-order valence-electron chi connectivity index (χ0n) is 7.08. The van der Waals surface area contributed by atoms with Crippen LogP contribution >= 0.6 is 0 Å². The van der Waals surface area contributed by atoms with Crippen LogP contribution in [0.1, 0.15) is 17.2 Å². The van der Waals surface area contributed by atoms with Crippen molar-refractivity contribution in [3.63, 3.8) is 0 Å². The summed E-state index contributed by atoms with van der Waals surface area (Å²) in [6.45, 7) is 1.66. The Labute approximate surface area is 75.2 Å². The number of benzene rings is 1. The van der Waals surface area contributed by atoms with Gasteiger partial charge in [-0.25, -0.2) is 4.39 Å². The summed E-state index contributed by atoms with van der Waals surface area (Å²) >= 11 is 0. The minimum atomic E-state index is -0.990. The van der Waals surface area contributed by atoms with E-state index >= 15 is 0 Å². The van der Waals surface area contributed by atoms with Gasteiger partial charge in [0, 0.05) is 5.56 Å². The summed E-state index contributed by atoms with van der Waals surface area (Å²) in [6.07, 6.45) is 0. The normalized spacial score (nSPS) is 12.2. The van der Waals surface area contributed by atoms with Gasteiger partial charge in [0.2, 0.25) is 0 Å². The van der Waals surface area contributed by atoms with Gasteiger partial charge in [-0.2, -0.15) is 5.26 Å². The molecule has 0 aliphatic heterocycles. The van der Waals surface area contributed by atoms with Crippen molar-refractivity contribution >= 4 is 0 Å². The van der Waals surface area contributed by atoms with Gasteiger partial charge in [0.1, 0.15) is 6.04 Å². The summed E-state index contributed by atoms with van der Waals surface area (Å²) in [4.78, 5) is 0. The standard InChI is InChI=1S/C9H9FN2O/c1-5-2-3-6(10)9(13)8(5)7(12)4-11/h2-3,7,13H,12H2,1H3/t7-/m1/s1. The molecule has 0 bridgehead atoms. The number of phenols is 1. The number of phenolic OH excluding ortho intramolecular Hbond substituents is 1. The molecule has 3 nitrogen and oxygen atoms in total. The number of hydrogen-bond acceptors (Lipinski definition) is 3. The Hall–Kier alpha value is -1.60. The van der Waals surface area contributed by atoms with Crippen LogP contribution in [-0.4, -0.2) is 5.11 Å². The van der Waals surface area contributed by atoms with Crippen molar-refractivity contribution in [2.45, 2.75) is 13.0 Å². The Morgan fingerprint density at radius 1 is 1.62 bits per heavy atom. The molecule has 1 atom stereocenters. The van der Waals surface area contributed by atoms with Gasteiger partial charge in [-0.05, 0) is 18.6 Å². The van der Waals surface area contributed by atoms with Crippen LogP contribution in [0.3, 0.4) is 0 Å². The van der Waals surface area contributed by atoms with E-state index in [1.165, 1.54) is 6.07 Å². The van der Waals surface area contributed by atoms with Crippen LogP contribution in [0.25, 0.3) is 0 Å². The number of hydrogen-bond donors (Lipinski definition) is 2. The second-order valence-electron chi connectivity index (χ2n) is 2.73. The molecular weight excluding hydrogens is 171 g/mol. The third kappa shape index (κ3) is 1.60. The number of rotatable bonds is 1. The number of nitriles is 1. The summed E-state index contributed by atoms with van der Waals surface area (Å²) in [7, 11) is 0. The third-order valence-electron chi connectivity index (χ3n) is 1.84. The second kappa shape index (κ2) is 3.42. The number of nitrogens with two attached hydrogens (primary N) is 1. The van der Waals surface area contributed by atoms with Crippen LogP contribution in [0, 0.1) is 24.1 Å². The summed E-state index contributed by atoms with van der Waals surface area (Å²) in [5.41, 5.74) is 6.14. The predicted molar refractivity (Wildman–Crippen MR) is 45.3 cm³/mol. The lowest BCUT2D eigenvalue weighted by Crippen LogP contribution is -2.09. The van der Waals surface area contributed by atoms with E-state index in [2.05, 4.69) is 0 Å². The van der Waals surface area contributed by atoms with Crippen LogP contribution in [0.15, 0.2) is 12.1 Å². The van der Waals surface area contributed by atoms with Crippen molar-refractivity contribution in [3.05, 3.63) is 29.1 Å². The Kier molecular flexibility index (Phi) is 2.49. The molecule has 1 rings (SSSR count). The van der Waals surface area contributed by atoms with Crippen LogP contribution in [0.2, 0.25) is 0 Å². The summed E-state index contributed by atoms with van der Waals surface area (Å²) < 4.78 is 12.8. The van der Waals surface area contributed by atoms with Crippen molar-refractivity contribution < 1.29 is 9.50 Å². The van der Waals surface area contributed by atoms with Gasteiger partial charge in [0.25, 0.3) is 0 Å². The molecule has 0 saturated carbocycles. The monoisotopic (exact) mass is 180 g/mol. The molecule has 1 aromatic rings. The van der Waals surface area contributed by atoms with E-state index in [1.807, 2.05) is 0 Å². The Bertz CT molecular complexity index is 371. The first-order valence-corrected chi connectivity index (χ1v) is 3.71. The molecule has 0 amide bonds. The van der Waals surface area contributed by atoms with Crippen LogP contribution < -0.4 is 5.73 Å². The van der Waals surface area contributed by atoms with Crippen molar-refractivity contribution in [2.24, 2.45) is 5.73 Å². The highest BCUT2D eigenvalue weighted by Gasteiger charge is 2.16. The van der Waals surface area contributed by atoms with Gasteiger partial charge >= 0.3 is 0 Å². The fourth-order valence-electron chi connectivity index (χ4n) is 1.14. The van der Waals surface area contributed by atoms with Crippen LogP contribution in [0.4, 0.5) is 4.39 Å². The number of halogens is 1. The van der Waals surface area contributed by atoms with Crippen LogP contribution in [-0.2, 0) is 0 Å². The lowest BCUT2D eigenvalue weighted by atomic mass is 10.0. The average Bonchev–Trinajstić information content (AvgIpc) is 2.12. The molecule has 0 unspecified atom stereocenters. The maximum atomic E-state index is 12.8. The van der Waals surface area contributed by atoms with Crippen molar-refractivity contribution in [1.82, 2.24) is 0 Å². The third-order valence-corrected chi connectivity index (χ3v) is 1.84. The average molecular weight is 180 g/mol. The van der Waals surface area contributed by atoms with Gasteiger partial charge in [-0.1, -0.05) is 6.07 Å². The SMILES string of the molecule is Cc1ccc(F)c(O)c1[C@H](N)C#N. The highest BCUT2D eigenvalue weighted by Crippen LogP contribution is 2.28. The van der Waals surface area contributed by atoms with Gasteiger partial charge in [0.05, 0.1) is 6.07 Å². The molecule has 3 N–H and O–H groups in total. The van der Waals surface area contributed by atoms with Crippen LogP contribution in [0.5, 0.6) is 5.75 Å². The molecule has 1 aromatic carbocycles. The van der Waals surface area contributed by atoms with E-state index in [-0.39, 0.29) is 5.56 Å². The fourth-order valence-corrected chi connectivity index (χ4v) is 1.14. The Morgan fingerprint density at radius 3 is 2.77 bits per heavy atom. The highest BCUT2D eigenvalue weighted by atomic mass is 19.1. The van der Waals surface area contributed by atoms with E-state index in [0.717, 1.165) is 6.07 Å². The lowest BCUT2D eigenvalue weighted by Gasteiger charge is -2.09.